The molecule has 0 saturated carbocycles. The molecule has 0 unspecified atom stereocenters. The van der Waals surface area contributed by atoms with Crippen molar-refractivity contribution in [3.8, 4) is 6.07 Å². The molecule has 0 heterocycles. The van der Waals surface area contributed by atoms with E-state index in [1.807, 2.05) is 6.07 Å². The Balaban J connectivity index is 2.12. The van der Waals surface area contributed by atoms with Crippen molar-refractivity contribution in [1.29, 1.82) is 5.26 Å². The number of nitriles is 1. The van der Waals surface area contributed by atoms with E-state index in [4.69, 9.17) is 21.6 Å². The van der Waals surface area contributed by atoms with Crippen molar-refractivity contribution in [2.45, 2.75) is 18.2 Å². The standard InChI is InChI=1S/C20H20ClN3O5S/c1-2-23-30(27,28)18-9-3-6-15(12-18)20(26)29-14-19(25)24(11-5-10-22)17-8-4-7-16(21)13-17/h3-4,6-9,12-13,23H,2,5,11,14H2,1H3. The molecular formula is C20H20ClN3O5S. The lowest BCUT2D eigenvalue weighted by atomic mass is 10.2. The Morgan fingerprint density at radius 3 is 2.60 bits per heavy atom. The van der Waals surface area contributed by atoms with Gasteiger partial charge in [-0.1, -0.05) is 30.7 Å². The Morgan fingerprint density at radius 2 is 1.93 bits per heavy atom. The number of esters is 1. The van der Waals surface area contributed by atoms with Gasteiger partial charge in [-0.3, -0.25) is 4.79 Å². The van der Waals surface area contributed by atoms with Gasteiger partial charge < -0.3 is 9.64 Å². The van der Waals surface area contributed by atoms with E-state index in [0.717, 1.165) is 0 Å². The van der Waals surface area contributed by atoms with Gasteiger partial charge in [0.1, 0.15) is 0 Å². The van der Waals surface area contributed by atoms with Crippen LogP contribution in [0.3, 0.4) is 0 Å². The molecule has 1 N–H and O–H groups in total. The predicted molar refractivity (Wildman–Crippen MR) is 112 cm³/mol. The zero-order valence-electron chi connectivity index (χ0n) is 16.2. The highest BCUT2D eigenvalue weighted by Gasteiger charge is 2.20. The summed E-state index contributed by atoms with van der Waals surface area (Å²) in [5.41, 5.74) is 0.464. The molecule has 8 nitrogen and oxygen atoms in total. The Labute approximate surface area is 180 Å². The monoisotopic (exact) mass is 449 g/mol. The zero-order chi connectivity index (χ0) is 22.1. The molecule has 1 amide bonds. The lowest BCUT2D eigenvalue weighted by Crippen LogP contribution is -2.35. The van der Waals surface area contributed by atoms with Gasteiger partial charge in [0.05, 0.1) is 22.9 Å². The van der Waals surface area contributed by atoms with Crippen molar-refractivity contribution in [2.24, 2.45) is 0 Å². The normalized spacial score (nSPS) is 10.8. The maximum absolute atomic E-state index is 12.6. The number of amides is 1. The number of nitrogens with zero attached hydrogens (tertiary/aromatic N) is 2. The minimum absolute atomic E-state index is 0.00638. The number of anilines is 1. The smallest absolute Gasteiger partial charge is 0.338 e. The van der Waals surface area contributed by atoms with E-state index in [9.17, 15) is 18.0 Å². The molecular weight excluding hydrogens is 430 g/mol. The number of halogens is 1. The number of rotatable bonds is 9. The van der Waals surface area contributed by atoms with Crippen molar-refractivity contribution in [3.05, 3.63) is 59.1 Å². The van der Waals surface area contributed by atoms with Crippen LogP contribution < -0.4 is 9.62 Å². The summed E-state index contributed by atoms with van der Waals surface area (Å²) >= 11 is 5.97. The quantitative estimate of drug-likeness (QED) is 0.588. The predicted octanol–water partition coefficient (Wildman–Crippen LogP) is 2.74. The van der Waals surface area contributed by atoms with Crippen LogP contribution in [0, 0.1) is 11.3 Å². The summed E-state index contributed by atoms with van der Waals surface area (Å²) in [6.45, 7) is 1.36. The van der Waals surface area contributed by atoms with Gasteiger partial charge >= 0.3 is 5.97 Å². The number of ether oxygens (including phenoxy) is 1. The number of carbonyl (C=O) groups excluding carboxylic acids is 2. The topological polar surface area (TPSA) is 117 Å². The van der Waals surface area contributed by atoms with E-state index >= 15 is 0 Å². The highest BCUT2D eigenvalue weighted by Crippen LogP contribution is 2.20. The number of hydrogen-bond donors (Lipinski definition) is 1. The maximum atomic E-state index is 12.6. The third kappa shape index (κ3) is 6.29. The van der Waals surface area contributed by atoms with Crippen molar-refractivity contribution in [2.75, 3.05) is 24.6 Å². The van der Waals surface area contributed by atoms with Gasteiger partial charge in [-0.25, -0.2) is 17.9 Å². The molecule has 0 aliphatic rings. The summed E-state index contributed by atoms with van der Waals surface area (Å²) in [4.78, 5) is 26.1. The van der Waals surface area contributed by atoms with Crippen LogP contribution in [-0.2, 0) is 19.6 Å². The molecule has 2 aromatic carbocycles. The Bertz CT molecular complexity index is 1070. The molecule has 0 aliphatic heterocycles. The molecule has 10 heteroatoms. The Kier molecular flexibility index (Phi) is 8.35. The summed E-state index contributed by atoms with van der Waals surface area (Å²) in [6, 6.07) is 13.8. The molecule has 2 aromatic rings. The third-order valence-electron chi connectivity index (χ3n) is 3.91. The van der Waals surface area contributed by atoms with Crippen LogP contribution in [0.2, 0.25) is 5.02 Å². The number of benzene rings is 2. The van der Waals surface area contributed by atoms with Crippen LogP contribution in [0.1, 0.15) is 23.7 Å². The molecule has 0 saturated heterocycles. The van der Waals surface area contributed by atoms with Crippen molar-refractivity contribution < 1.29 is 22.7 Å². The first kappa shape index (κ1) is 23.3. The second kappa shape index (κ2) is 10.7. The average Bonchev–Trinajstić information content (AvgIpc) is 2.72. The number of carbonyl (C=O) groups is 2. The van der Waals surface area contributed by atoms with Gasteiger partial charge in [0.2, 0.25) is 10.0 Å². The van der Waals surface area contributed by atoms with Crippen molar-refractivity contribution in [1.82, 2.24) is 4.72 Å². The fourth-order valence-electron chi connectivity index (χ4n) is 2.56. The molecule has 2 rings (SSSR count). The fourth-order valence-corrected chi connectivity index (χ4v) is 3.83. The second-order valence-corrected chi connectivity index (χ2v) is 8.24. The van der Waals surface area contributed by atoms with E-state index in [0.29, 0.717) is 10.7 Å². The van der Waals surface area contributed by atoms with Gasteiger partial charge in [0.15, 0.2) is 6.61 Å². The lowest BCUT2D eigenvalue weighted by molar-refractivity contribution is -0.121. The number of nitrogens with one attached hydrogen (secondary N) is 1. The molecule has 0 aliphatic carbocycles. The van der Waals surface area contributed by atoms with Gasteiger partial charge in [0, 0.05) is 23.8 Å². The number of hydrogen-bond acceptors (Lipinski definition) is 6. The van der Waals surface area contributed by atoms with Crippen molar-refractivity contribution >= 4 is 39.2 Å². The molecule has 158 valence electrons. The Morgan fingerprint density at radius 1 is 1.20 bits per heavy atom. The van der Waals surface area contributed by atoms with Crippen LogP contribution >= 0.6 is 11.6 Å². The second-order valence-electron chi connectivity index (χ2n) is 6.04. The fraction of sp³-hybridized carbons (Fsp3) is 0.250. The molecule has 0 spiro atoms. The van der Waals surface area contributed by atoms with Crippen LogP contribution in [0.25, 0.3) is 0 Å². The largest absolute Gasteiger partial charge is 0.452 e. The first-order valence-corrected chi connectivity index (χ1v) is 10.8. The van der Waals surface area contributed by atoms with Crippen LogP contribution in [-0.4, -0.2) is 40.0 Å². The van der Waals surface area contributed by atoms with Crippen LogP contribution in [0.15, 0.2) is 53.4 Å². The highest BCUT2D eigenvalue weighted by atomic mass is 35.5. The van der Waals surface area contributed by atoms with E-state index in [-0.39, 0.29) is 30.0 Å². The summed E-state index contributed by atoms with van der Waals surface area (Å²) < 4.78 is 31.6. The van der Waals surface area contributed by atoms with E-state index in [2.05, 4.69) is 4.72 Å². The van der Waals surface area contributed by atoms with Gasteiger partial charge in [-0.2, -0.15) is 5.26 Å². The molecule has 0 atom stereocenters. The highest BCUT2D eigenvalue weighted by molar-refractivity contribution is 7.89. The first-order valence-electron chi connectivity index (χ1n) is 8.98. The van der Waals surface area contributed by atoms with Crippen LogP contribution in [0.4, 0.5) is 5.69 Å². The summed E-state index contributed by atoms with van der Waals surface area (Å²) in [6.07, 6.45) is 0.0799. The first-order chi connectivity index (χ1) is 14.3. The SMILES string of the molecule is CCNS(=O)(=O)c1cccc(C(=O)OCC(=O)N(CCC#N)c2cccc(Cl)c2)c1. The van der Waals surface area contributed by atoms with Gasteiger partial charge in [0.25, 0.3) is 5.91 Å². The molecule has 0 bridgehead atoms. The third-order valence-corrected chi connectivity index (χ3v) is 5.69. The van der Waals surface area contributed by atoms with E-state index < -0.39 is 28.5 Å². The summed E-state index contributed by atoms with van der Waals surface area (Å²) in [7, 11) is -3.74. The molecule has 0 fully saturated rings. The zero-order valence-corrected chi connectivity index (χ0v) is 17.7. The minimum atomic E-state index is -3.74. The van der Waals surface area contributed by atoms with Gasteiger partial charge in [-0.05, 0) is 36.4 Å². The average molecular weight is 450 g/mol. The summed E-state index contributed by atoms with van der Waals surface area (Å²) in [5, 5.41) is 9.26. The lowest BCUT2D eigenvalue weighted by Gasteiger charge is -2.21. The van der Waals surface area contributed by atoms with Crippen molar-refractivity contribution in [3.63, 3.8) is 0 Å². The van der Waals surface area contributed by atoms with Gasteiger partial charge in [-0.15, -0.1) is 0 Å². The summed E-state index contributed by atoms with van der Waals surface area (Å²) in [5.74, 6) is -1.39. The molecule has 0 radical (unpaired) electrons. The minimum Gasteiger partial charge on any atom is -0.452 e. The van der Waals surface area contributed by atoms with Crippen LogP contribution in [0.5, 0.6) is 0 Å². The van der Waals surface area contributed by atoms with E-state index in [1.165, 1.54) is 29.2 Å². The maximum Gasteiger partial charge on any atom is 0.338 e. The molecule has 0 aromatic heterocycles. The number of sulfonamides is 1. The Hall–Kier alpha value is -2.93. The molecule has 30 heavy (non-hydrogen) atoms. The van der Waals surface area contributed by atoms with E-state index in [1.54, 1.807) is 31.2 Å².